The summed E-state index contributed by atoms with van der Waals surface area (Å²) in [6.45, 7) is 1.92. The molecule has 0 saturated heterocycles. The molecule has 7 heteroatoms. The molecule has 1 amide bonds. The van der Waals surface area contributed by atoms with Crippen LogP contribution in [0.2, 0.25) is 0 Å². The Hall–Kier alpha value is -2.02. The van der Waals surface area contributed by atoms with E-state index in [0.29, 0.717) is 12.3 Å². The van der Waals surface area contributed by atoms with Crippen LogP contribution < -0.4 is 21.5 Å². The molecule has 100 valence electrons. The highest BCUT2D eigenvalue weighted by Crippen LogP contribution is 2.28. The molecule has 0 fully saturated rings. The van der Waals surface area contributed by atoms with E-state index in [0.717, 1.165) is 6.07 Å². The molecule has 0 aliphatic rings. The molecule has 0 bridgehead atoms. The van der Waals surface area contributed by atoms with Crippen LogP contribution in [0.4, 0.5) is 15.8 Å². The van der Waals surface area contributed by atoms with Crippen LogP contribution >= 0.6 is 0 Å². The molecule has 0 aliphatic carbocycles. The predicted molar refractivity (Wildman–Crippen MR) is 65.7 cm³/mol. The van der Waals surface area contributed by atoms with E-state index in [1.165, 1.54) is 6.07 Å². The number of aliphatic hydroxyl groups is 1. The van der Waals surface area contributed by atoms with Crippen LogP contribution in [0.3, 0.4) is 0 Å². The monoisotopic (exact) mass is 257 g/mol. The van der Waals surface area contributed by atoms with Gasteiger partial charge in [-0.25, -0.2) is 4.39 Å². The molecule has 0 saturated carbocycles. The number of carbonyl (C=O) groups excluding carboxylic acids is 1. The second kappa shape index (κ2) is 6.06. The van der Waals surface area contributed by atoms with Gasteiger partial charge in [0.15, 0.2) is 11.6 Å². The number of ether oxygens (including phenoxy) is 1. The van der Waals surface area contributed by atoms with Crippen molar-refractivity contribution in [1.82, 2.24) is 0 Å². The Morgan fingerprint density at radius 1 is 1.61 bits per heavy atom. The van der Waals surface area contributed by atoms with Gasteiger partial charge in [0.1, 0.15) is 6.10 Å². The number of anilines is 2. The first-order valence-electron chi connectivity index (χ1n) is 5.38. The van der Waals surface area contributed by atoms with Crippen molar-refractivity contribution in [1.29, 1.82) is 0 Å². The lowest BCUT2D eigenvalue weighted by Crippen LogP contribution is -2.34. The van der Waals surface area contributed by atoms with E-state index in [-0.39, 0.29) is 18.0 Å². The van der Waals surface area contributed by atoms with Gasteiger partial charge in [-0.05, 0) is 6.92 Å². The zero-order valence-electron chi connectivity index (χ0n) is 9.94. The second-order valence-electron chi connectivity index (χ2n) is 3.60. The van der Waals surface area contributed by atoms with E-state index >= 15 is 0 Å². The quantitative estimate of drug-likeness (QED) is 0.539. The van der Waals surface area contributed by atoms with E-state index in [2.05, 4.69) is 5.32 Å². The van der Waals surface area contributed by atoms with Gasteiger partial charge >= 0.3 is 0 Å². The lowest BCUT2D eigenvalue weighted by molar-refractivity contribution is -0.125. The molecule has 1 aromatic rings. The summed E-state index contributed by atoms with van der Waals surface area (Å²) in [5.74, 6) is -1.38. The molecule has 0 radical (unpaired) electrons. The van der Waals surface area contributed by atoms with Crippen molar-refractivity contribution in [3.05, 3.63) is 17.9 Å². The molecular weight excluding hydrogens is 241 g/mol. The van der Waals surface area contributed by atoms with Crippen molar-refractivity contribution < 1.29 is 19.0 Å². The predicted octanol–water partition coefficient (Wildman–Crippen LogP) is 0.0647. The number of carbonyl (C=O) groups is 1. The highest BCUT2D eigenvalue weighted by Gasteiger charge is 2.13. The summed E-state index contributed by atoms with van der Waals surface area (Å²) in [6.07, 6.45) is -1.34. The van der Waals surface area contributed by atoms with Crippen LogP contribution in [0.1, 0.15) is 6.92 Å². The summed E-state index contributed by atoms with van der Waals surface area (Å²) in [6, 6.07) is 2.46. The Morgan fingerprint density at radius 2 is 2.28 bits per heavy atom. The number of nitrogens with two attached hydrogens (primary N) is 2. The molecular formula is C11H16FN3O3. The molecule has 6 nitrogen and oxygen atoms in total. The van der Waals surface area contributed by atoms with Crippen molar-refractivity contribution in [2.75, 3.05) is 24.2 Å². The third-order valence-corrected chi connectivity index (χ3v) is 2.22. The van der Waals surface area contributed by atoms with Crippen LogP contribution in [-0.2, 0) is 4.79 Å². The average Bonchev–Trinajstić information content (AvgIpc) is 2.30. The first-order valence-corrected chi connectivity index (χ1v) is 5.38. The van der Waals surface area contributed by atoms with Crippen LogP contribution in [0.15, 0.2) is 12.1 Å². The zero-order chi connectivity index (χ0) is 13.7. The first-order chi connectivity index (χ1) is 8.45. The van der Waals surface area contributed by atoms with E-state index < -0.39 is 17.8 Å². The topological polar surface area (TPSA) is 111 Å². The SMILES string of the molecule is CCOc1cc(NCC(O)C(N)=O)c(N)cc1F. The molecule has 0 aromatic heterocycles. The van der Waals surface area contributed by atoms with Gasteiger partial charge in [-0.15, -0.1) is 0 Å². The van der Waals surface area contributed by atoms with E-state index in [1.54, 1.807) is 6.92 Å². The summed E-state index contributed by atoms with van der Waals surface area (Å²) in [5.41, 5.74) is 11.0. The number of halogens is 1. The Kier molecular flexibility index (Phi) is 4.73. The maximum Gasteiger partial charge on any atom is 0.248 e. The van der Waals surface area contributed by atoms with Crippen molar-refractivity contribution in [3.8, 4) is 5.75 Å². The van der Waals surface area contributed by atoms with E-state index in [1.807, 2.05) is 0 Å². The van der Waals surface area contributed by atoms with Crippen molar-refractivity contribution in [2.24, 2.45) is 5.73 Å². The minimum Gasteiger partial charge on any atom is -0.491 e. The third kappa shape index (κ3) is 3.49. The number of hydrogen-bond acceptors (Lipinski definition) is 5. The van der Waals surface area contributed by atoms with Crippen molar-refractivity contribution in [3.63, 3.8) is 0 Å². The lowest BCUT2D eigenvalue weighted by atomic mass is 10.2. The Labute approximate surface area is 104 Å². The van der Waals surface area contributed by atoms with Crippen molar-refractivity contribution >= 4 is 17.3 Å². The highest BCUT2D eigenvalue weighted by atomic mass is 19.1. The Balaban J connectivity index is 2.81. The van der Waals surface area contributed by atoms with Gasteiger partial charge < -0.3 is 26.6 Å². The maximum atomic E-state index is 13.4. The molecule has 0 aliphatic heterocycles. The van der Waals surface area contributed by atoms with Gasteiger partial charge in [0.25, 0.3) is 0 Å². The van der Waals surface area contributed by atoms with E-state index in [9.17, 15) is 14.3 Å². The summed E-state index contributed by atoms with van der Waals surface area (Å²) >= 11 is 0. The van der Waals surface area contributed by atoms with Crippen LogP contribution in [0.5, 0.6) is 5.75 Å². The number of hydrogen-bond donors (Lipinski definition) is 4. The fourth-order valence-corrected chi connectivity index (χ4v) is 1.30. The maximum absolute atomic E-state index is 13.4. The molecule has 18 heavy (non-hydrogen) atoms. The van der Waals surface area contributed by atoms with Gasteiger partial charge in [0, 0.05) is 18.7 Å². The fraction of sp³-hybridized carbons (Fsp3) is 0.364. The Bertz CT molecular complexity index is 440. The van der Waals surface area contributed by atoms with Gasteiger partial charge in [-0.3, -0.25) is 4.79 Å². The number of benzene rings is 1. The third-order valence-electron chi connectivity index (χ3n) is 2.22. The molecule has 0 heterocycles. The number of nitrogen functional groups attached to an aromatic ring is 1. The summed E-state index contributed by atoms with van der Waals surface area (Å²) < 4.78 is 18.5. The van der Waals surface area contributed by atoms with Gasteiger partial charge in [0.2, 0.25) is 5.91 Å². The van der Waals surface area contributed by atoms with Crippen LogP contribution in [0, 0.1) is 5.82 Å². The molecule has 1 atom stereocenters. The standard InChI is InChI=1S/C11H16FN3O3/c1-2-18-10-4-8(7(13)3-6(10)12)15-5-9(16)11(14)17/h3-4,9,15-16H,2,5,13H2,1H3,(H2,14,17). The fourth-order valence-electron chi connectivity index (χ4n) is 1.30. The summed E-state index contributed by atoms with van der Waals surface area (Å²) in [7, 11) is 0. The number of nitrogens with one attached hydrogen (secondary N) is 1. The minimum absolute atomic E-state index is 0.0442. The number of aliphatic hydroxyl groups excluding tert-OH is 1. The lowest BCUT2D eigenvalue weighted by Gasteiger charge is -2.14. The van der Waals surface area contributed by atoms with Gasteiger partial charge in [-0.2, -0.15) is 0 Å². The van der Waals surface area contributed by atoms with Gasteiger partial charge in [0.05, 0.1) is 18.0 Å². The normalized spacial score (nSPS) is 11.9. The van der Waals surface area contributed by atoms with Crippen molar-refractivity contribution in [2.45, 2.75) is 13.0 Å². The zero-order valence-corrected chi connectivity index (χ0v) is 9.94. The smallest absolute Gasteiger partial charge is 0.248 e. The number of rotatable bonds is 6. The molecule has 1 aromatic carbocycles. The number of primary amides is 1. The summed E-state index contributed by atoms with van der Waals surface area (Å²) in [5, 5.41) is 11.9. The molecule has 1 unspecified atom stereocenters. The molecule has 0 spiro atoms. The first kappa shape index (κ1) is 14.0. The van der Waals surface area contributed by atoms with Gasteiger partial charge in [-0.1, -0.05) is 0 Å². The largest absolute Gasteiger partial charge is 0.491 e. The highest BCUT2D eigenvalue weighted by molar-refractivity contribution is 5.79. The van der Waals surface area contributed by atoms with E-state index in [4.69, 9.17) is 16.2 Å². The number of amides is 1. The molecule has 1 rings (SSSR count). The Morgan fingerprint density at radius 3 is 2.83 bits per heavy atom. The minimum atomic E-state index is -1.34. The average molecular weight is 257 g/mol. The second-order valence-corrected chi connectivity index (χ2v) is 3.60. The van der Waals surface area contributed by atoms with Crippen LogP contribution in [0.25, 0.3) is 0 Å². The van der Waals surface area contributed by atoms with Crippen LogP contribution in [-0.4, -0.2) is 30.3 Å². The summed E-state index contributed by atoms with van der Waals surface area (Å²) in [4.78, 5) is 10.6. The molecule has 6 N–H and O–H groups in total.